The van der Waals surface area contributed by atoms with Crippen LogP contribution in [0.25, 0.3) is 0 Å². The van der Waals surface area contributed by atoms with Gasteiger partial charge in [0.15, 0.2) is 0 Å². The van der Waals surface area contributed by atoms with E-state index in [1.165, 1.54) is 0 Å². The van der Waals surface area contributed by atoms with Crippen LogP contribution in [0.15, 0.2) is 29.4 Å². The molecule has 16 heavy (non-hydrogen) atoms. The number of carbonyl (C=O) groups is 1. The number of hydrogen-bond acceptors (Lipinski definition) is 3. The molecule has 0 aromatic heterocycles. The largest absolute Gasteiger partial charge is 0.508 e. The highest BCUT2D eigenvalue weighted by molar-refractivity contribution is 5.82. The van der Waals surface area contributed by atoms with Gasteiger partial charge in [-0.05, 0) is 36.2 Å². The molecule has 0 bridgehead atoms. The molecule has 0 saturated heterocycles. The van der Waals surface area contributed by atoms with E-state index in [-0.39, 0.29) is 11.7 Å². The molecule has 0 atom stereocenters. The number of hydrazone groups is 1. The summed E-state index contributed by atoms with van der Waals surface area (Å²) in [5.41, 5.74) is 3.28. The minimum atomic E-state index is -0.0723. The van der Waals surface area contributed by atoms with Crippen molar-refractivity contribution in [3.05, 3.63) is 29.8 Å². The number of carbonyl (C=O) groups excluding carboxylic acids is 1. The Bertz CT molecular complexity index is 358. The molecule has 4 nitrogen and oxygen atoms in total. The molecule has 2 N–H and O–H groups in total. The lowest BCUT2D eigenvalue weighted by Crippen LogP contribution is -2.16. The van der Waals surface area contributed by atoms with Gasteiger partial charge in [0.2, 0.25) is 5.91 Å². The molecule has 0 unspecified atom stereocenters. The lowest BCUT2D eigenvalue weighted by molar-refractivity contribution is -0.121. The van der Waals surface area contributed by atoms with Crippen LogP contribution in [0.1, 0.15) is 31.7 Å². The van der Waals surface area contributed by atoms with Crippen LogP contribution in [0.5, 0.6) is 5.75 Å². The van der Waals surface area contributed by atoms with E-state index < -0.39 is 0 Å². The van der Waals surface area contributed by atoms with Crippen LogP contribution in [0.4, 0.5) is 0 Å². The Kier molecular flexibility index (Phi) is 5.05. The van der Waals surface area contributed by atoms with Crippen molar-refractivity contribution >= 4 is 12.1 Å². The average Bonchev–Trinajstić information content (AvgIpc) is 2.29. The monoisotopic (exact) mass is 220 g/mol. The van der Waals surface area contributed by atoms with Crippen molar-refractivity contribution in [3.63, 3.8) is 0 Å². The summed E-state index contributed by atoms with van der Waals surface area (Å²) >= 11 is 0. The Morgan fingerprint density at radius 1 is 1.44 bits per heavy atom. The van der Waals surface area contributed by atoms with E-state index >= 15 is 0 Å². The SMILES string of the molecule is CCCCC(=O)NN=Cc1ccc(O)cc1. The van der Waals surface area contributed by atoms with Crippen LogP contribution in [0.3, 0.4) is 0 Å². The number of phenolic OH excluding ortho intramolecular Hbond substituents is 1. The predicted molar refractivity (Wildman–Crippen MR) is 63.4 cm³/mol. The molecule has 0 radical (unpaired) electrons. The second-order valence-corrected chi connectivity index (χ2v) is 3.49. The smallest absolute Gasteiger partial charge is 0.240 e. The molecule has 0 aliphatic carbocycles. The number of phenols is 1. The van der Waals surface area contributed by atoms with E-state index in [2.05, 4.69) is 10.5 Å². The minimum absolute atomic E-state index is 0.0723. The zero-order valence-corrected chi connectivity index (χ0v) is 9.31. The van der Waals surface area contributed by atoms with Gasteiger partial charge in [0.25, 0.3) is 0 Å². The maximum absolute atomic E-state index is 11.2. The Balaban J connectivity index is 2.37. The van der Waals surface area contributed by atoms with Gasteiger partial charge in [-0.25, -0.2) is 5.43 Å². The summed E-state index contributed by atoms with van der Waals surface area (Å²) in [6.07, 6.45) is 3.92. The van der Waals surface area contributed by atoms with Crippen molar-refractivity contribution in [2.24, 2.45) is 5.10 Å². The molecule has 1 rings (SSSR count). The summed E-state index contributed by atoms with van der Waals surface area (Å²) in [5, 5.41) is 12.9. The predicted octanol–water partition coefficient (Wildman–Crippen LogP) is 2.03. The molecule has 0 saturated carbocycles. The number of nitrogens with one attached hydrogen (secondary N) is 1. The summed E-state index contributed by atoms with van der Waals surface area (Å²) in [4.78, 5) is 11.2. The van der Waals surface area contributed by atoms with Gasteiger partial charge in [0.05, 0.1) is 6.21 Å². The molecule has 0 fully saturated rings. The van der Waals surface area contributed by atoms with E-state index in [1.807, 2.05) is 6.92 Å². The van der Waals surface area contributed by atoms with Gasteiger partial charge in [-0.2, -0.15) is 5.10 Å². The highest BCUT2D eigenvalue weighted by atomic mass is 16.3. The molecular formula is C12H16N2O2. The Morgan fingerprint density at radius 3 is 2.75 bits per heavy atom. The standard InChI is InChI=1S/C12H16N2O2/c1-2-3-4-12(16)14-13-9-10-5-7-11(15)8-6-10/h5-9,15H,2-4H2,1H3,(H,14,16). The number of benzene rings is 1. The average molecular weight is 220 g/mol. The van der Waals surface area contributed by atoms with Crippen molar-refractivity contribution in [2.45, 2.75) is 26.2 Å². The molecule has 0 heterocycles. The van der Waals surface area contributed by atoms with Gasteiger partial charge in [0, 0.05) is 6.42 Å². The van der Waals surface area contributed by atoms with Gasteiger partial charge in [-0.15, -0.1) is 0 Å². The second kappa shape index (κ2) is 6.61. The zero-order valence-electron chi connectivity index (χ0n) is 9.31. The molecule has 1 aromatic carbocycles. The van der Waals surface area contributed by atoms with E-state index in [9.17, 15) is 4.79 Å². The van der Waals surface area contributed by atoms with Crippen LogP contribution >= 0.6 is 0 Å². The van der Waals surface area contributed by atoms with Gasteiger partial charge < -0.3 is 5.11 Å². The first-order valence-corrected chi connectivity index (χ1v) is 5.33. The normalized spacial score (nSPS) is 10.6. The molecule has 0 spiro atoms. The minimum Gasteiger partial charge on any atom is -0.508 e. The summed E-state index contributed by atoms with van der Waals surface area (Å²) < 4.78 is 0. The Hall–Kier alpha value is -1.84. The summed E-state index contributed by atoms with van der Waals surface area (Å²) in [6.45, 7) is 2.03. The number of aromatic hydroxyl groups is 1. The Morgan fingerprint density at radius 2 is 2.12 bits per heavy atom. The first-order chi connectivity index (χ1) is 7.72. The Labute approximate surface area is 95.0 Å². The molecule has 4 heteroatoms. The third-order valence-corrected chi connectivity index (χ3v) is 2.05. The van der Waals surface area contributed by atoms with E-state index in [0.717, 1.165) is 18.4 Å². The first kappa shape index (κ1) is 12.2. The molecule has 86 valence electrons. The molecule has 0 aliphatic heterocycles. The van der Waals surface area contributed by atoms with E-state index in [0.29, 0.717) is 6.42 Å². The van der Waals surface area contributed by atoms with Crippen LogP contribution in [-0.2, 0) is 4.79 Å². The van der Waals surface area contributed by atoms with Crippen molar-refractivity contribution in [3.8, 4) is 5.75 Å². The number of rotatable bonds is 5. The topological polar surface area (TPSA) is 61.7 Å². The van der Waals surface area contributed by atoms with Crippen molar-refractivity contribution in [1.29, 1.82) is 0 Å². The molecule has 1 aromatic rings. The van der Waals surface area contributed by atoms with Gasteiger partial charge in [-0.3, -0.25) is 4.79 Å². The maximum Gasteiger partial charge on any atom is 0.240 e. The van der Waals surface area contributed by atoms with Crippen LogP contribution < -0.4 is 5.43 Å². The van der Waals surface area contributed by atoms with Crippen molar-refractivity contribution in [1.82, 2.24) is 5.43 Å². The van der Waals surface area contributed by atoms with Crippen LogP contribution in [0, 0.1) is 0 Å². The van der Waals surface area contributed by atoms with Gasteiger partial charge in [0.1, 0.15) is 5.75 Å². The highest BCUT2D eigenvalue weighted by Gasteiger charge is 1.96. The molecular weight excluding hydrogens is 204 g/mol. The number of nitrogens with zero attached hydrogens (tertiary/aromatic N) is 1. The second-order valence-electron chi connectivity index (χ2n) is 3.49. The molecule has 0 aliphatic rings. The summed E-state index contributed by atoms with van der Waals surface area (Å²) in [6, 6.07) is 6.58. The number of hydrogen-bond donors (Lipinski definition) is 2. The fourth-order valence-electron chi connectivity index (χ4n) is 1.13. The number of amides is 1. The lowest BCUT2D eigenvalue weighted by atomic mass is 10.2. The van der Waals surface area contributed by atoms with E-state index in [1.54, 1.807) is 30.5 Å². The maximum atomic E-state index is 11.2. The van der Waals surface area contributed by atoms with Crippen LogP contribution in [0.2, 0.25) is 0 Å². The zero-order chi connectivity index (χ0) is 11.8. The first-order valence-electron chi connectivity index (χ1n) is 5.33. The summed E-state index contributed by atoms with van der Waals surface area (Å²) in [5.74, 6) is 0.140. The van der Waals surface area contributed by atoms with Crippen molar-refractivity contribution < 1.29 is 9.90 Å². The van der Waals surface area contributed by atoms with E-state index in [4.69, 9.17) is 5.11 Å². The third kappa shape index (κ3) is 4.59. The fourth-order valence-corrected chi connectivity index (χ4v) is 1.13. The quantitative estimate of drug-likeness (QED) is 0.589. The van der Waals surface area contributed by atoms with Crippen LogP contribution in [-0.4, -0.2) is 17.2 Å². The van der Waals surface area contributed by atoms with Crippen molar-refractivity contribution in [2.75, 3.05) is 0 Å². The summed E-state index contributed by atoms with van der Waals surface area (Å²) in [7, 11) is 0. The van der Waals surface area contributed by atoms with Gasteiger partial charge in [-0.1, -0.05) is 13.3 Å². The highest BCUT2D eigenvalue weighted by Crippen LogP contribution is 2.07. The third-order valence-electron chi connectivity index (χ3n) is 2.05. The fraction of sp³-hybridized carbons (Fsp3) is 0.333. The lowest BCUT2D eigenvalue weighted by Gasteiger charge is -1.97. The van der Waals surface area contributed by atoms with Gasteiger partial charge >= 0.3 is 0 Å². The molecule has 1 amide bonds. The number of unbranched alkanes of at least 4 members (excludes halogenated alkanes) is 1.